The molecular formula is C17H15ClN4O2. The topological polar surface area (TPSA) is 69.3 Å². The third-order valence-corrected chi connectivity index (χ3v) is 4.85. The van der Waals surface area contributed by atoms with Gasteiger partial charge in [-0.1, -0.05) is 11.6 Å². The van der Waals surface area contributed by atoms with Crippen LogP contribution in [0.5, 0.6) is 0 Å². The number of carbonyl (C=O) groups excluding carboxylic acids is 1. The van der Waals surface area contributed by atoms with Crippen LogP contribution in [0.2, 0.25) is 5.02 Å². The van der Waals surface area contributed by atoms with Gasteiger partial charge in [0.1, 0.15) is 11.3 Å². The lowest BCUT2D eigenvalue weighted by molar-refractivity contribution is 0.112. The highest BCUT2D eigenvalue weighted by molar-refractivity contribution is 6.33. The van der Waals surface area contributed by atoms with Crippen molar-refractivity contribution >= 4 is 23.4 Å². The lowest BCUT2D eigenvalue weighted by Crippen LogP contribution is -2.27. The lowest BCUT2D eigenvalue weighted by Gasteiger charge is -2.14. The Hall–Kier alpha value is -2.47. The fourth-order valence-corrected chi connectivity index (χ4v) is 3.62. The summed E-state index contributed by atoms with van der Waals surface area (Å²) in [6.45, 7) is 1.85. The van der Waals surface area contributed by atoms with E-state index in [4.69, 9.17) is 11.6 Å². The third kappa shape index (κ3) is 2.10. The minimum absolute atomic E-state index is 0.160. The van der Waals surface area contributed by atoms with E-state index in [9.17, 15) is 9.59 Å². The second-order valence-electron chi connectivity index (χ2n) is 5.96. The maximum absolute atomic E-state index is 13.0. The lowest BCUT2D eigenvalue weighted by atomic mass is 9.98. The van der Waals surface area contributed by atoms with Gasteiger partial charge in [0, 0.05) is 11.9 Å². The number of carbonyl (C=O) groups is 1. The minimum atomic E-state index is -0.298. The fraction of sp³-hybridized carbons (Fsp3) is 0.294. The molecule has 24 heavy (non-hydrogen) atoms. The van der Waals surface area contributed by atoms with Gasteiger partial charge < -0.3 is 0 Å². The summed E-state index contributed by atoms with van der Waals surface area (Å²) in [5, 5.41) is 4.63. The molecule has 0 bridgehead atoms. The zero-order valence-corrected chi connectivity index (χ0v) is 13.9. The average molecular weight is 343 g/mol. The van der Waals surface area contributed by atoms with Crippen LogP contribution in [0.25, 0.3) is 11.3 Å². The van der Waals surface area contributed by atoms with Gasteiger partial charge in [-0.2, -0.15) is 4.68 Å². The molecule has 0 unspecified atom stereocenters. The van der Waals surface area contributed by atoms with E-state index in [2.05, 4.69) is 10.1 Å². The van der Waals surface area contributed by atoms with Gasteiger partial charge >= 0.3 is 0 Å². The van der Waals surface area contributed by atoms with Crippen LogP contribution in [0.3, 0.4) is 0 Å². The molecule has 0 radical (unpaired) electrons. The van der Waals surface area contributed by atoms with Crippen LogP contribution >= 0.6 is 11.6 Å². The van der Waals surface area contributed by atoms with Crippen LogP contribution in [0.4, 0.5) is 0 Å². The number of halogens is 1. The van der Waals surface area contributed by atoms with Crippen molar-refractivity contribution in [3.8, 4) is 5.82 Å². The molecule has 0 amide bonds. The Bertz CT molecular complexity index is 1040. The van der Waals surface area contributed by atoms with Crippen molar-refractivity contribution in [3.05, 3.63) is 56.4 Å². The first-order chi connectivity index (χ1) is 11.6. The van der Waals surface area contributed by atoms with Crippen molar-refractivity contribution in [3.63, 3.8) is 0 Å². The van der Waals surface area contributed by atoms with E-state index in [-0.39, 0.29) is 22.0 Å². The second kappa shape index (κ2) is 5.56. The molecule has 0 fully saturated rings. The molecule has 0 N–H and O–H groups in total. The van der Waals surface area contributed by atoms with Crippen molar-refractivity contribution in [2.45, 2.75) is 32.6 Å². The Morgan fingerprint density at radius 2 is 2.08 bits per heavy atom. The Morgan fingerprint density at radius 3 is 2.88 bits per heavy atom. The molecule has 0 atom stereocenters. The number of nitrogens with zero attached hydrogens (tertiary/aromatic N) is 4. The number of aldehydes is 1. The average Bonchev–Trinajstić information content (AvgIpc) is 2.98. The Labute approximate surface area is 142 Å². The van der Waals surface area contributed by atoms with Gasteiger partial charge in [0.2, 0.25) is 0 Å². The number of hydrogen-bond donors (Lipinski definition) is 0. The van der Waals surface area contributed by atoms with E-state index in [1.54, 1.807) is 0 Å². The number of rotatable bonds is 2. The molecular weight excluding hydrogens is 328 g/mol. The first-order valence-corrected chi connectivity index (χ1v) is 8.23. The number of aromatic nitrogens is 4. The monoisotopic (exact) mass is 342 g/mol. The van der Waals surface area contributed by atoms with Crippen LogP contribution in [0.1, 0.15) is 40.3 Å². The highest BCUT2D eigenvalue weighted by Gasteiger charge is 2.21. The third-order valence-electron chi connectivity index (χ3n) is 4.52. The summed E-state index contributed by atoms with van der Waals surface area (Å²) >= 11 is 6.05. The molecule has 0 saturated heterocycles. The van der Waals surface area contributed by atoms with E-state index in [0.717, 1.165) is 25.7 Å². The number of pyridine rings is 1. The molecule has 3 aromatic heterocycles. The summed E-state index contributed by atoms with van der Waals surface area (Å²) in [6, 6.07) is 3.45. The van der Waals surface area contributed by atoms with Crippen molar-refractivity contribution in [2.75, 3.05) is 0 Å². The Kier molecular flexibility index (Phi) is 3.49. The van der Waals surface area contributed by atoms with Gasteiger partial charge in [0.15, 0.2) is 12.1 Å². The maximum atomic E-state index is 13.0. The van der Waals surface area contributed by atoms with Crippen molar-refractivity contribution in [2.24, 2.45) is 0 Å². The van der Waals surface area contributed by atoms with Crippen LogP contribution in [-0.2, 0) is 12.8 Å². The maximum Gasteiger partial charge on any atom is 0.297 e. The van der Waals surface area contributed by atoms with Crippen LogP contribution < -0.4 is 5.56 Å². The summed E-state index contributed by atoms with van der Waals surface area (Å²) in [5.74, 6) is 0.846. The summed E-state index contributed by atoms with van der Waals surface area (Å²) in [6.07, 6.45) is 6.24. The Morgan fingerprint density at radius 1 is 1.29 bits per heavy atom. The summed E-state index contributed by atoms with van der Waals surface area (Å²) in [7, 11) is 0. The quantitative estimate of drug-likeness (QED) is 0.671. The predicted molar refractivity (Wildman–Crippen MR) is 90.4 cm³/mol. The summed E-state index contributed by atoms with van der Waals surface area (Å²) in [4.78, 5) is 28.5. The molecule has 3 aromatic rings. The van der Waals surface area contributed by atoms with Gasteiger partial charge in [-0.05, 0) is 50.3 Å². The Balaban J connectivity index is 2.06. The van der Waals surface area contributed by atoms with E-state index < -0.39 is 0 Å². The molecule has 1 aliphatic rings. The molecule has 7 heteroatoms. The molecule has 0 aromatic carbocycles. The molecule has 3 heterocycles. The zero-order chi connectivity index (χ0) is 16.8. The van der Waals surface area contributed by atoms with Gasteiger partial charge in [-0.3, -0.25) is 14.0 Å². The highest BCUT2D eigenvalue weighted by atomic mass is 35.5. The van der Waals surface area contributed by atoms with Gasteiger partial charge in [-0.25, -0.2) is 4.98 Å². The molecule has 0 aliphatic heterocycles. The predicted octanol–water partition coefficient (Wildman–Crippen LogP) is 2.53. The summed E-state index contributed by atoms with van der Waals surface area (Å²) < 4.78 is 3.10. The molecule has 6 nitrogen and oxygen atoms in total. The molecule has 0 saturated carbocycles. The van der Waals surface area contributed by atoms with Gasteiger partial charge in [0.05, 0.1) is 10.6 Å². The van der Waals surface area contributed by atoms with E-state index in [1.807, 2.05) is 17.4 Å². The SMILES string of the molecule is Cc1nn(-c2nccc(Cl)c2C=O)c(=O)c2cc3c(n12)CCCC3. The fourth-order valence-electron chi connectivity index (χ4n) is 3.43. The van der Waals surface area contributed by atoms with E-state index >= 15 is 0 Å². The number of hydrogen-bond acceptors (Lipinski definition) is 4. The molecule has 4 rings (SSSR count). The first kappa shape index (κ1) is 15.1. The normalized spacial score (nSPS) is 13.9. The largest absolute Gasteiger partial charge is 0.298 e. The molecule has 1 aliphatic carbocycles. The zero-order valence-electron chi connectivity index (χ0n) is 13.1. The van der Waals surface area contributed by atoms with Crippen molar-refractivity contribution in [1.82, 2.24) is 19.2 Å². The first-order valence-electron chi connectivity index (χ1n) is 7.85. The highest BCUT2D eigenvalue weighted by Crippen LogP contribution is 2.25. The second-order valence-corrected chi connectivity index (χ2v) is 6.36. The van der Waals surface area contributed by atoms with Crippen molar-refractivity contribution in [1.29, 1.82) is 0 Å². The van der Waals surface area contributed by atoms with E-state index in [0.29, 0.717) is 17.6 Å². The minimum Gasteiger partial charge on any atom is -0.298 e. The molecule has 122 valence electrons. The number of aryl methyl sites for hydroxylation is 3. The van der Waals surface area contributed by atoms with Gasteiger partial charge in [-0.15, -0.1) is 5.10 Å². The van der Waals surface area contributed by atoms with E-state index in [1.165, 1.54) is 28.2 Å². The van der Waals surface area contributed by atoms with Gasteiger partial charge in [0.25, 0.3) is 5.56 Å². The van der Waals surface area contributed by atoms with Crippen LogP contribution in [-0.4, -0.2) is 25.5 Å². The smallest absolute Gasteiger partial charge is 0.297 e. The molecule has 0 spiro atoms. The van der Waals surface area contributed by atoms with Crippen molar-refractivity contribution < 1.29 is 4.79 Å². The standard InChI is InChI=1S/C17H15ClN4O2/c1-10-20-22(16-12(9-23)13(18)6-7-19-16)17(24)15-8-11-4-2-3-5-14(11)21(10)15/h6-9H,2-5H2,1H3. The summed E-state index contributed by atoms with van der Waals surface area (Å²) in [5.41, 5.74) is 2.80. The number of fused-ring (bicyclic) bond motifs is 3. The van der Waals surface area contributed by atoms with Crippen LogP contribution in [0.15, 0.2) is 23.1 Å². The van der Waals surface area contributed by atoms with Crippen LogP contribution in [0, 0.1) is 6.92 Å².